The maximum atomic E-state index is 4.00. The molecule has 0 N–H and O–H groups in total. The molecule has 0 heteroatoms. The van der Waals surface area contributed by atoms with Gasteiger partial charge in [0, 0.05) is 0 Å². The molecule has 0 unspecified atom stereocenters. The van der Waals surface area contributed by atoms with E-state index in [0.29, 0.717) is 5.92 Å². The molecule has 0 bridgehead atoms. The van der Waals surface area contributed by atoms with E-state index in [1.54, 1.807) is 0 Å². The lowest BCUT2D eigenvalue weighted by Gasteiger charge is -2.09. The van der Waals surface area contributed by atoms with Crippen molar-refractivity contribution in [2.24, 2.45) is 0 Å². The first-order chi connectivity index (χ1) is 5.11. The van der Waals surface area contributed by atoms with Crippen LogP contribution < -0.4 is 0 Å². The summed E-state index contributed by atoms with van der Waals surface area (Å²) in [6.45, 7) is 10.5. The third-order valence-corrected chi connectivity index (χ3v) is 1.92. The van der Waals surface area contributed by atoms with Crippen molar-refractivity contribution in [3.8, 4) is 0 Å². The van der Waals surface area contributed by atoms with E-state index in [1.807, 2.05) is 0 Å². The van der Waals surface area contributed by atoms with Crippen LogP contribution in [0.1, 0.15) is 36.5 Å². The molecule has 1 radical (unpaired) electrons. The molecular weight excluding hydrogens is 132 g/mol. The van der Waals surface area contributed by atoms with Crippen molar-refractivity contribution in [2.75, 3.05) is 0 Å². The summed E-state index contributed by atoms with van der Waals surface area (Å²) < 4.78 is 0. The van der Waals surface area contributed by atoms with E-state index >= 15 is 0 Å². The van der Waals surface area contributed by atoms with Gasteiger partial charge in [-0.3, -0.25) is 0 Å². The van der Waals surface area contributed by atoms with E-state index in [4.69, 9.17) is 0 Å². The lowest BCUT2D eigenvalue weighted by molar-refractivity contribution is 0.861. The van der Waals surface area contributed by atoms with E-state index in [-0.39, 0.29) is 0 Å². The second-order valence-electron chi connectivity index (χ2n) is 3.36. The molecule has 0 fully saturated rings. The maximum absolute atomic E-state index is 4.00. The summed E-state index contributed by atoms with van der Waals surface area (Å²) in [5.74, 6) is 0.586. The third-order valence-electron chi connectivity index (χ3n) is 1.92. The van der Waals surface area contributed by atoms with Gasteiger partial charge in [0.2, 0.25) is 0 Å². The standard InChI is InChI=1S/C11H15/c1-8(2)11-6-5-9(3)7-10(11)4/h5-8H,4H2,1-3H3. The molecule has 1 aromatic rings. The molecule has 0 nitrogen and oxygen atoms in total. The van der Waals surface area contributed by atoms with Crippen molar-refractivity contribution < 1.29 is 0 Å². The highest BCUT2D eigenvalue weighted by atomic mass is 14.1. The Morgan fingerprint density at radius 2 is 1.91 bits per heavy atom. The lowest BCUT2D eigenvalue weighted by atomic mass is 9.97. The van der Waals surface area contributed by atoms with Crippen molar-refractivity contribution in [1.82, 2.24) is 0 Å². The summed E-state index contributed by atoms with van der Waals surface area (Å²) in [5.41, 5.74) is 3.81. The van der Waals surface area contributed by atoms with Crippen LogP contribution in [0.25, 0.3) is 0 Å². The quantitative estimate of drug-likeness (QED) is 0.571. The molecule has 0 saturated heterocycles. The Kier molecular flexibility index (Phi) is 2.33. The highest BCUT2D eigenvalue weighted by Crippen LogP contribution is 2.19. The molecule has 0 atom stereocenters. The van der Waals surface area contributed by atoms with Crippen LogP contribution in [0.2, 0.25) is 0 Å². The van der Waals surface area contributed by atoms with Gasteiger partial charge in [0.1, 0.15) is 0 Å². The Morgan fingerprint density at radius 1 is 1.27 bits per heavy atom. The van der Waals surface area contributed by atoms with Gasteiger partial charge in [0.25, 0.3) is 0 Å². The monoisotopic (exact) mass is 147 g/mol. The van der Waals surface area contributed by atoms with Gasteiger partial charge in [-0.15, -0.1) is 0 Å². The average molecular weight is 147 g/mol. The molecular formula is C11H15. The van der Waals surface area contributed by atoms with Crippen LogP contribution in [0.5, 0.6) is 0 Å². The van der Waals surface area contributed by atoms with Gasteiger partial charge in [-0.05, 0) is 30.9 Å². The highest BCUT2D eigenvalue weighted by Gasteiger charge is 2.01. The normalized spacial score (nSPS) is 10.6. The Labute approximate surface area is 69.3 Å². The number of hydrogen-bond acceptors (Lipinski definition) is 0. The SMILES string of the molecule is [CH2]c1cc(C)ccc1C(C)C. The second kappa shape index (κ2) is 3.08. The van der Waals surface area contributed by atoms with Gasteiger partial charge in [0.15, 0.2) is 0 Å². The summed E-state index contributed by atoms with van der Waals surface area (Å²) in [5, 5.41) is 0. The zero-order valence-corrected chi connectivity index (χ0v) is 7.52. The van der Waals surface area contributed by atoms with Gasteiger partial charge in [0.05, 0.1) is 0 Å². The lowest BCUT2D eigenvalue weighted by Crippen LogP contribution is -1.91. The molecule has 0 aromatic heterocycles. The van der Waals surface area contributed by atoms with E-state index in [9.17, 15) is 0 Å². The van der Waals surface area contributed by atoms with Gasteiger partial charge >= 0.3 is 0 Å². The zero-order chi connectivity index (χ0) is 8.43. The fourth-order valence-electron chi connectivity index (χ4n) is 1.30. The Bertz CT molecular complexity index is 246. The minimum Gasteiger partial charge on any atom is -0.0590 e. The first-order valence-corrected chi connectivity index (χ1v) is 4.03. The number of benzene rings is 1. The molecule has 0 amide bonds. The summed E-state index contributed by atoms with van der Waals surface area (Å²) in [6.07, 6.45) is 0. The van der Waals surface area contributed by atoms with Crippen molar-refractivity contribution in [2.45, 2.75) is 26.7 Å². The van der Waals surface area contributed by atoms with E-state index < -0.39 is 0 Å². The first kappa shape index (κ1) is 8.32. The molecule has 0 aliphatic heterocycles. The van der Waals surface area contributed by atoms with Crippen LogP contribution in [0.3, 0.4) is 0 Å². The minimum atomic E-state index is 0.586. The molecule has 0 aliphatic carbocycles. The molecule has 0 heterocycles. The smallest absolute Gasteiger partial charge is 0.0216 e. The summed E-state index contributed by atoms with van der Waals surface area (Å²) >= 11 is 0. The van der Waals surface area contributed by atoms with Crippen LogP contribution in [0, 0.1) is 13.8 Å². The maximum Gasteiger partial charge on any atom is -0.0216 e. The Hall–Kier alpha value is -0.780. The molecule has 1 aromatic carbocycles. The molecule has 1 rings (SSSR count). The van der Waals surface area contributed by atoms with Crippen molar-refractivity contribution in [3.05, 3.63) is 41.8 Å². The van der Waals surface area contributed by atoms with Crippen LogP contribution >= 0.6 is 0 Å². The largest absolute Gasteiger partial charge is 0.0590 e. The Balaban J connectivity index is 3.09. The zero-order valence-electron chi connectivity index (χ0n) is 7.52. The summed E-state index contributed by atoms with van der Waals surface area (Å²) in [4.78, 5) is 0. The number of aryl methyl sites for hydroxylation is 1. The molecule has 0 spiro atoms. The van der Waals surface area contributed by atoms with Crippen LogP contribution in [-0.2, 0) is 0 Å². The molecule has 11 heavy (non-hydrogen) atoms. The van der Waals surface area contributed by atoms with Gasteiger partial charge in [-0.2, -0.15) is 0 Å². The minimum absolute atomic E-state index is 0.586. The third kappa shape index (κ3) is 1.83. The number of hydrogen-bond donors (Lipinski definition) is 0. The van der Waals surface area contributed by atoms with Crippen LogP contribution in [-0.4, -0.2) is 0 Å². The van der Waals surface area contributed by atoms with Gasteiger partial charge in [-0.25, -0.2) is 0 Å². The van der Waals surface area contributed by atoms with Crippen molar-refractivity contribution >= 4 is 0 Å². The topological polar surface area (TPSA) is 0 Å². The van der Waals surface area contributed by atoms with E-state index in [2.05, 4.69) is 45.9 Å². The van der Waals surface area contributed by atoms with E-state index in [1.165, 1.54) is 16.7 Å². The fraction of sp³-hybridized carbons (Fsp3) is 0.364. The molecule has 0 saturated carbocycles. The predicted molar refractivity (Wildman–Crippen MR) is 49.7 cm³/mol. The van der Waals surface area contributed by atoms with Gasteiger partial charge < -0.3 is 0 Å². The highest BCUT2D eigenvalue weighted by molar-refractivity contribution is 5.35. The summed E-state index contributed by atoms with van der Waals surface area (Å²) in [7, 11) is 0. The fourth-order valence-corrected chi connectivity index (χ4v) is 1.30. The Morgan fingerprint density at radius 3 is 2.36 bits per heavy atom. The summed E-state index contributed by atoms with van der Waals surface area (Å²) in [6, 6.07) is 6.45. The number of rotatable bonds is 1. The van der Waals surface area contributed by atoms with Crippen LogP contribution in [0.4, 0.5) is 0 Å². The first-order valence-electron chi connectivity index (χ1n) is 4.03. The van der Waals surface area contributed by atoms with E-state index in [0.717, 1.165) is 0 Å². The predicted octanol–water partition coefficient (Wildman–Crippen LogP) is 3.30. The molecule has 0 aliphatic rings. The van der Waals surface area contributed by atoms with Gasteiger partial charge in [-0.1, -0.05) is 37.6 Å². The second-order valence-corrected chi connectivity index (χ2v) is 3.36. The van der Waals surface area contributed by atoms with Crippen LogP contribution in [0.15, 0.2) is 18.2 Å². The molecule has 59 valence electrons. The average Bonchev–Trinajstić information content (AvgIpc) is 1.85. The van der Waals surface area contributed by atoms with Crippen molar-refractivity contribution in [3.63, 3.8) is 0 Å². The van der Waals surface area contributed by atoms with Crippen molar-refractivity contribution in [1.29, 1.82) is 0 Å².